The largest absolute Gasteiger partial charge is 0.325 e. The number of aromatic amines is 1. The van der Waals surface area contributed by atoms with Gasteiger partial charge in [0.25, 0.3) is 5.56 Å². The van der Waals surface area contributed by atoms with E-state index in [9.17, 15) is 9.59 Å². The van der Waals surface area contributed by atoms with Crippen LogP contribution >= 0.6 is 11.8 Å². The Morgan fingerprint density at radius 1 is 1.17 bits per heavy atom. The number of aryl methyl sites for hydroxylation is 2. The molecule has 4 rings (SSSR count). The predicted molar refractivity (Wildman–Crippen MR) is 115 cm³/mol. The lowest BCUT2D eigenvalue weighted by Crippen LogP contribution is -2.16. The number of hydrogen-bond acceptors (Lipinski definition) is 5. The number of carbonyl (C=O) groups is 1. The first kappa shape index (κ1) is 18.9. The molecule has 0 aliphatic heterocycles. The van der Waals surface area contributed by atoms with Crippen molar-refractivity contribution < 1.29 is 4.79 Å². The Labute approximate surface area is 171 Å². The lowest BCUT2D eigenvalue weighted by atomic mass is 10.1. The molecule has 0 fully saturated rings. The number of thioether (sulfide) groups is 1. The molecular weight excluding hydrogens is 386 g/mol. The first-order valence-electron chi connectivity index (χ1n) is 9.04. The van der Waals surface area contributed by atoms with Crippen LogP contribution in [0.4, 0.5) is 5.69 Å². The molecule has 0 atom stereocenters. The molecule has 29 heavy (non-hydrogen) atoms. The number of fused-ring (bicyclic) bond motifs is 1. The molecule has 0 bridgehead atoms. The highest BCUT2D eigenvalue weighted by Crippen LogP contribution is 2.20. The van der Waals surface area contributed by atoms with Gasteiger partial charge in [0.1, 0.15) is 5.39 Å². The minimum absolute atomic E-state index is 0.126. The summed E-state index contributed by atoms with van der Waals surface area (Å²) in [5.41, 5.74) is 3.84. The standard InChI is InChI=1S/C21H19N5O2S/c1-13-8-9-14(2)17(10-13)23-18(27)12-29-21-24-19-16(20(28)25-21)11-22-26(19)15-6-4-3-5-7-15/h3-11H,12H2,1-2H3,(H,23,27)(H,24,25,28). The van der Waals surface area contributed by atoms with Crippen LogP contribution in [0.5, 0.6) is 0 Å². The van der Waals surface area contributed by atoms with Crippen molar-refractivity contribution in [2.24, 2.45) is 0 Å². The summed E-state index contributed by atoms with van der Waals surface area (Å²) in [6.07, 6.45) is 1.50. The average Bonchev–Trinajstić information content (AvgIpc) is 3.14. The van der Waals surface area contributed by atoms with Crippen LogP contribution in [-0.2, 0) is 4.79 Å². The zero-order valence-electron chi connectivity index (χ0n) is 16.0. The maximum absolute atomic E-state index is 12.4. The molecule has 146 valence electrons. The zero-order chi connectivity index (χ0) is 20.4. The van der Waals surface area contributed by atoms with Gasteiger partial charge in [-0.2, -0.15) is 5.10 Å². The van der Waals surface area contributed by atoms with Gasteiger partial charge in [0.2, 0.25) is 5.91 Å². The molecule has 2 aromatic carbocycles. The van der Waals surface area contributed by atoms with Crippen molar-refractivity contribution >= 4 is 34.4 Å². The summed E-state index contributed by atoms with van der Waals surface area (Å²) in [6.45, 7) is 3.92. The number of amides is 1. The molecule has 0 spiro atoms. The van der Waals surface area contributed by atoms with Crippen LogP contribution < -0.4 is 10.9 Å². The number of benzene rings is 2. The van der Waals surface area contributed by atoms with Crippen LogP contribution in [0, 0.1) is 13.8 Å². The highest BCUT2D eigenvalue weighted by molar-refractivity contribution is 7.99. The van der Waals surface area contributed by atoms with Crippen molar-refractivity contribution in [1.82, 2.24) is 19.7 Å². The second kappa shape index (κ2) is 7.92. The van der Waals surface area contributed by atoms with E-state index in [-0.39, 0.29) is 17.2 Å². The SMILES string of the molecule is Cc1ccc(C)c(NC(=O)CSc2nc3c(cnn3-c3ccccc3)c(=O)[nH]2)c1. The van der Waals surface area contributed by atoms with E-state index in [2.05, 4.69) is 20.4 Å². The van der Waals surface area contributed by atoms with Gasteiger partial charge in [-0.25, -0.2) is 9.67 Å². The van der Waals surface area contributed by atoms with Crippen molar-refractivity contribution in [2.45, 2.75) is 19.0 Å². The monoisotopic (exact) mass is 405 g/mol. The van der Waals surface area contributed by atoms with Gasteiger partial charge in [0.15, 0.2) is 10.8 Å². The Bertz CT molecular complexity index is 1250. The Morgan fingerprint density at radius 3 is 2.76 bits per heavy atom. The van der Waals surface area contributed by atoms with Crippen LogP contribution in [0.25, 0.3) is 16.7 Å². The molecule has 2 N–H and O–H groups in total. The molecule has 2 aromatic heterocycles. The first-order chi connectivity index (χ1) is 14.0. The molecule has 8 heteroatoms. The summed E-state index contributed by atoms with van der Waals surface area (Å²) in [5, 5.41) is 7.96. The summed E-state index contributed by atoms with van der Waals surface area (Å²) in [7, 11) is 0. The first-order valence-corrected chi connectivity index (χ1v) is 10.0. The van der Waals surface area contributed by atoms with E-state index in [1.807, 2.05) is 62.4 Å². The molecule has 1 amide bonds. The van der Waals surface area contributed by atoms with Gasteiger partial charge in [-0.3, -0.25) is 9.59 Å². The van der Waals surface area contributed by atoms with E-state index >= 15 is 0 Å². The zero-order valence-corrected chi connectivity index (χ0v) is 16.8. The fourth-order valence-electron chi connectivity index (χ4n) is 2.92. The van der Waals surface area contributed by atoms with E-state index in [1.165, 1.54) is 18.0 Å². The predicted octanol–water partition coefficient (Wildman–Crippen LogP) is 3.46. The Morgan fingerprint density at radius 2 is 1.97 bits per heavy atom. The third kappa shape index (κ3) is 4.07. The van der Waals surface area contributed by atoms with Crippen LogP contribution in [-0.4, -0.2) is 31.4 Å². The van der Waals surface area contributed by atoms with Gasteiger partial charge in [-0.05, 0) is 43.2 Å². The molecule has 0 saturated carbocycles. The van der Waals surface area contributed by atoms with Gasteiger partial charge in [0.05, 0.1) is 17.6 Å². The number of nitrogens with zero attached hydrogens (tertiary/aromatic N) is 3. The molecule has 0 unspecified atom stereocenters. The minimum Gasteiger partial charge on any atom is -0.325 e. The summed E-state index contributed by atoms with van der Waals surface area (Å²) in [4.78, 5) is 32.0. The average molecular weight is 405 g/mol. The molecular formula is C21H19N5O2S. The number of carbonyl (C=O) groups excluding carboxylic acids is 1. The van der Waals surface area contributed by atoms with E-state index in [0.29, 0.717) is 16.2 Å². The molecule has 7 nitrogen and oxygen atoms in total. The van der Waals surface area contributed by atoms with Crippen molar-refractivity contribution in [3.8, 4) is 5.69 Å². The normalized spacial score (nSPS) is 11.0. The van der Waals surface area contributed by atoms with Gasteiger partial charge >= 0.3 is 0 Å². The molecule has 0 saturated heterocycles. The maximum Gasteiger partial charge on any atom is 0.262 e. The number of H-pyrrole nitrogens is 1. The molecule has 0 aliphatic carbocycles. The Hall–Kier alpha value is -3.39. The minimum atomic E-state index is -0.283. The second-order valence-corrected chi connectivity index (χ2v) is 7.62. The summed E-state index contributed by atoms with van der Waals surface area (Å²) >= 11 is 1.17. The highest BCUT2D eigenvalue weighted by Gasteiger charge is 2.13. The number of rotatable bonds is 5. The number of para-hydroxylation sites is 1. The van der Waals surface area contributed by atoms with E-state index < -0.39 is 0 Å². The van der Waals surface area contributed by atoms with Crippen LogP contribution in [0.3, 0.4) is 0 Å². The molecule has 0 radical (unpaired) electrons. The van der Waals surface area contributed by atoms with Gasteiger partial charge < -0.3 is 10.3 Å². The van der Waals surface area contributed by atoms with Crippen molar-refractivity contribution in [3.05, 3.63) is 76.2 Å². The van der Waals surface area contributed by atoms with Crippen LogP contribution in [0.2, 0.25) is 0 Å². The van der Waals surface area contributed by atoms with Gasteiger partial charge in [0, 0.05) is 5.69 Å². The fourth-order valence-corrected chi connectivity index (χ4v) is 3.57. The van der Waals surface area contributed by atoms with Gasteiger partial charge in [-0.15, -0.1) is 0 Å². The van der Waals surface area contributed by atoms with Crippen LogP contribution in [0.1, 0.15) is 11.1 Å². The highest BCUT2D eigenvalue weighted by atomic mass is 32.2. The van der Waals surface area contributed by atoms with E-state index in [4.69, 9.17) is 0 Å². The summed E-state index contributed by atoms with van der Waals surface area (Å²) in [5.74, 6) is -0.0376. The van der Waals surface area contributed by atoms with E-state index in [1.54, 1.807) is 4.68 Å². The maximum atomic E-state index is 12.4. The summed E-state index contributed by atoms with van der Waals surface area (Å²) in [6, 6.07) is 15.4. The smallest absolute Gasteiger partial charge is 0.262 e. The van der Waals surface area contributed by atoms with Crippen LogP contribution in [0.15, 0.2) is 64.7 Å². The van der Waals surface area contributed by atoms with Crippen molar-refractivity contribution in [2.75, 3.05) is 11.1 Å². The second-order valence-electron chi connectivity index (χ2n) is 6.66. The number of nitrogens with one attached hydrogen (secondary N) is 2. The third-order valence-corrected chi connectivity index (χ3v) is 5.30. The van der Waals surface area contributed by atoms with Crippen molar-refractivity contribution in [1.29, 1.82) is 0 Å². The Balaban J connectivity index is 1.54. The molecule has 4 aromatic rings. The molecule has 2 heterocycles. The fraction of sp³-hybridized carbons (Fsp3) is 0.143. The third-order valence-electron chi connectivity index (χ3n) is 4.42. The summed E-state index contributed by atoms with van der Waals surface area (Å²) < 4.78 is 1.62. The van der Waals surface area contributed by atoms with Crippen molar-refractivity contribution in [3.63, 3.8) is 0 Å². The lowest BCUT2D eigenvalue weighted by Gasteiger charge is -2.09. The quantitative estimate of drug-likeness (QED) is 0.392. The molecule has 0 aliphatic rings. The lowest BCUT2D eigenvalue weighted by molar-refractivity contribution is -0.113. The number of aromatic nitrogens is 4. The van der Waals surface area contributed by atoms with E-state index in [0.717, 1.165) is 22.5 Å². The van der Waals surface area contributed by atoms with Gasteiger partial charge in [-0.1, -0.05) is 42.1 Å². The Kier molecular flexibility index (Phi) is 5.18. The topological polar surface area (TPSA) is 92.7 Å². The number of anilines is 1. The number of hydrogen-bond donors (Lipinski definition) is 2.